The van der Waals surface area contributed by atoms with Gasteiger partial charge in [-0.25, -0.2) is 13.8 Å². The second kappa shape index (κ2) is 6.10. The van der Waals surface area contributed by atoms with Crippen LogP contribution < -0.4 is 5.32 Å². The van der Waals surface area contributed by atoms with Crippen molar-refractivity contribution < 1.29 is 13.6 Å². The fourth-order valence-electron chi connectivity index (χ4n) is 2.53. The molecular formula is C18H11F2N3OS. The number of anilines is 1. The summed E-state index contributed by atoms with van der Waals surface area (Å²) in [4.78, 5) is 17.6. The predicted molar refractivity (Wildman–Crippen MR) is 92.8 cm³/mol. The van der Waals surface area contributed by atoms with Crippen molar-refractivity contribution in [1.82, 2.24) is 9.38 Å². The van der Waals surface area contributed by atoms with Gasteiger partial charge in [-0.15, -0.1) is 11.3 Å². The molecule has 0 saturated heterocycles. The largest absolute Gasteiger partial charge is 0.306 e. The first-order valence-electron chi connectivity index (χ1n) is 7.41. The van der Waals surface area contributed by atoms with Gasteiger partial charge in [0.05, 0.1) is 5.56 Å². The van der Waals surface area contributed by atoms with E-state index < -0.39 is 11.7 Å². The Bertz CT molecular complexity index is 1070. The first kappa shape index (κ1) is 15.5. The number of nitrogens with zero attached hydrogens (tertiary/aromatic N) is 2. The van der Waals surface area contributed by atoms with E-state index in [0.717, 1.165) is 0 Å². The number of aromatic nitrogens is 2. The highest BCUT2D eigenvalue weighted by atomic mass is 32.1. The molecule has 2 aromatic carbocycles. The van der Waals surface area contributed by atoms with Gasteiger partial charge in [-0.2, -0.15) is 0 Å². The predicted octanol–water partition coefficient (Wildman–Crippen LogP) is 4.59. The zero-order valence-corrected chi connectivity index (χ0v) is 13.6. The maximum absolute atomic E-state index is 13.9. The van der Waals surface area contributed by atoms with E-state index in [2.05, 4.69) is 10.3 Å². The Morgan fingerprint density at radius 1 is 1.08 bits per heavy atom. The van der Waals surface area contributed by atoms with Crippen molar-refractivity contribution in [3.8, 4) is 11.3 Å². The van der Waals surface area contributed by atoms with Crippen LogP contribution in [-0.2, 0) is 0 Å². The molecule has 2 heterocycles. The molecule has 0 atom stereocenters. The number of benzene rings is 2. The smallest absolute Gasteiger partial charge is 0.259 e. The van der Waals surface area contributed by atoms with Gasteiger partial charge in [-0.1, -0.05) is 12.1 Å². The number of hydrogen-bond donors (Lipinski definition) is 1. The molecule has 1 amide bonds. The summed E-state index contributed by atoms with van der Waals surface area (Å²) in [6.45, 7) is 0. The summed E-state index contributed by atoms with van der Waals surface area (Å²) in [5.74, 6) is -1.12. The van der Waals surface area contributed by atoms with Crippen LogP contribution >= 0.6 is 11.3 Å². The Morgan fingerprint density at radius 3 is 2.60 bits per heavy atom. The Hall–Kier alpha value is -3.06. The Balaban J connectivity index is 1.79. The van der Waals surface area contributed by atoms with Crippen LogP contribution in [0.3, 0.4) is 0 Å². The molecule has 4 aromatic rings. The fraction of sp³-hybridized carbons (Fsp3) is 0. The Labute approximate surface area is 145 Å². The molecule has 0 radical (unpaired) electrons. The molecule has 0 spiro atoms. The van der Waals surface area contributed by atoms with E-state index in [1.54, 1.807) is 28.8 Å². The van der Waals surface area contributed by atoms with E-state index >= 15 is 0 Å². The second-order valence-electron chi connectivity index (χ2n) is 5.31. The van der Waals surface area contributed by atoms with Crippen LogP contribution in [0.5, 0.6) is 0 Å². The van der Waals surface area contributed by atoms with Gasteiger partial charge in [0.1, 0.15) is 23.1 Å². The number of halogens is 2. The minimum atomic E-state index is -0.602. The highest BCUT2D eigenvalue weighted by molar-refractivity contribution is 7.15. The van der Waals surface area contributed by atoms with Crippen LogP contribution in [0.15, 0.2) is 60.1 Å². The van der Waals surface area contributed by atoms with Crippen molar-refractivity contribution in [2.75, 3.05) is 5.32 Å². The number of amides is 1. The lowest BCUT2D eigenvalue weighted by molar-refractivity contribution is 0.102. The molecule has 7 heteroatoms. The number of nitrogens with one attached hydrogen (secondary N) is 1. The number of hydrogen-bond acceptors (Lipinski definition) is 3. The van der Waals surface area contributed by atoms with Crippen LogP contribution in [-0.4, -0.2) is 15.3 Å². The summed E-state index contributed by atoms with van der Waals surface area (Å²) in [5.41, 5.74) is 1.09. The summed E-state index contributed by atoms with van der Waals surface area (Å²) >= 11 is 1.40. The molecule has 0 aliphatic heterocycles. The van der Waals surface area contributed by atoms with E-state index in [-0.39, 0.29) is 11.4 Å². The number of carbonyl (C=O) groups is 1. The van der Waals surface area contributed by atoms with Gasteiger partial charge < -0.3 is 5.32 Å². The highest BCUT2D eigenvalue weighted by Crippen LogP contribution is 2.31. The minimum Gasteiger partial charge on any atom is -0.306 e. The molecule has 0 fully saturated rings. The fourth-order valence-corrected chi connectivity index (χ4v) is 3.25. The first-order valence-corrected chi connectivity index (χ1v) is 8.29. The topological polar surface area (TPSA) is 46.4 Å². The second-order valence-corrected chi connectivity index (χ2v) is 6.18. The average molecular weight is 355 g/mol. The van der Waals surface area contributed by atoms with Crippen LogP contribution in [0.4, 0.5) is 14.6 Å². The molecule has 0 aliphatic rings. The lowest BCUT2D eigenvalue weighted by atomic mass is 10.1. The molecule has 2 aromatic heterocycles. The van der Waals surface area contributed by atoms with Crippen LogP contribution in [0.25, 0.3) is 16.2 Å². The third-order valence-electron chi connectivity index (χ3n) is 3.73. The number of fused-ring (bicyclic) bond motifs is 1. The lowest BCUT2D eigenvalue weighted by Gasteiger charge is -2.08. The van der Waals surface area contributed by atoms with Gasteiger partial charge in [-0.05, 0) is 36.4 Å². The molecule has 4 rings (SSSR count). The molecule has 0 saturated carbocycles. The molecule has 4 nitrogen and oxygen atoms in total. The van der Waals surface area contributed by atoms with Crippen molar-refractivity contribution in [1.29, 1.82) is 0 Å². The third kappa shape index (κ3) is 2.78. The zero-order valence-electron chi connectivity index (χ0n) is 12.7. The summed E-state index contributed by atoms with van der Waals surface area (Å²) in [7, 11) is 0. The summed E-state index contributed by atoms with van der Waals surface area (Å²) < 4.78 is 28.8. The van der Waals surface area contributed by atoms with Crippen LogP contribution in [0.2, 0.25) is 0 Å². The maximum Gasteiger partial charge on any atom is 0.259 e. The van der Waals surface area contributed by atoms with Crippen molar-refractivity contribution in [3.05, 3.63) is 77.3 Å². The average Bonchev–Trinajstić information content (AvgIpc) is 3.19. The maximum atomic E-state index is 13.9. The first-order chi connectivity index (χ1) is 12.1. The molecule has 0 unspecified atom stereocenters. The summed E-state index contributed by atoms with van der Waals surface area (Å²) in [6, 6.07) is 11.6. The van der Waals surface area contributed by atoms with Crippen LogP contribution in [0.1, 0.15) is 10.4 Å². The van der Waals surface area contributed by atoms with E-state index in [0.29, 0.717) is 22.0 Å². The van der Waals surface area contributed by atoms with Gasteiger partial charge in [-0.3, -0.25) is 9.20 Å². The normalized spacial score (nSPS) is 11.0. The van der Waals surface area contributed by atoms with E-state index in [4.69, 9.17) is 0 Å². The quantitative estimate of drug-likeness (QED) is 0.584. The third-order valence-corrected chi connectivity index (χ3v) is 4.49. The summed E-state index contributed by atoms with van der Waals surface area (Å²) in [5, 5.41) is 4.55. The minimum absolute atomic E-state index is 0.0577. The van der Waals surface area contributed by atoms with Crippen molar-refractivity contribution in [2.45, 2.75) is 0 Å². The monoisotopic (exact) mass is 355 g/mol. The highest BCUT2D eigenvalue weighted by Gasteiger charge is 2.19. The standard InChI is InChI=1S/C18H11F2N3OS/c19-12-7-5-11(6-8-12)15-16(23-9-10-25-18(23)21-15)22-17(24)13-3-1-2-4-14(13)20/h1-10H,(H,22,24). The van der Waals surface area contributed by atoms with Gasteiger partial charge in [0.25, 0.3) is 5.91 Å². The van der Waals surface area contributed by atoms with Gasteiger partial charge in [0, 0.05) is 17.1 Å². The SMILES string of the molecule is O=C(Nc1c(-c2ccc(F)cc2)nc2sccn12)c1ccccc1F. The zero-order chi connectivity index (χ0) is 17.4. The van der Waals surface area contributed by atoms with Crippen molar-refractivity contribution in [2.24, 2.45) is 0 Å². The number of imidazole rings is 1. The molecule has 1 N–H and O–H groups in total. The van der Waals surface area contributed by atoms with E-state index in [9.17, 15) is 13.6 Å². The van der Waals surface area contributed by atoms with E-state index in [1.807, 2.05) is 5.38 Å². The number of rotatable bonds is 3. The summed E-state index contributed by atoms with van der Waals surface area (Å²) in [6.07, 6.45) is 1.76. The lowest BCUT2D eigenvalue weighted by Crippen LogP contribution is -2.15. The van der Waals surface area contributed by atoms with Gasteiger partial charge in [0.15, 0.2) is 4.96 Å². The van der Waals surface area contributed by atoms with Gasteiger partial charge >= 0.3 is 0 Å². The Morgan fingerprint density at radius 2 is 1.84 bits per heavy atom. The van der Waals surface area contributed by atoms with E-state index in [1.165, 1.54) is 41.7 Å². The molecule has 0 aliphatic carbocycles. The van der Waals surface area contributed by atoms with Crippen LogP contribution in [0, 0.1) is 11.6 Å². The molecule has 25 heavy (non-hydrogen) atoms. The Kier molecular flexibility index (Phi) is 3.77. The molecule has 0 bridgehead atoms. The molecule has 124 valence electrons. The number of carbonyl (C=O) groups excluding carboxylic acids is 1. The number of thiazole rings is 1. The van der Waals surface area contributed by atoms with Gasteiger partial charge in [0.2, 0.25) is 0 Å². The van der Waals surface area contributed by atoms with Crippen molar-refractivity contribution >= 4 is 28.0 Å². The van der Waals surface area contributed by atoms with Crippen molar-refractivity contribution in [3.63, 3.8) is 0 Å². The molecular weight excluding hydrogens is 344 g/mol.